The fourth-order valence-electron chi connectivity index (χ4n) is 2.29. The zero-order valence-electron chi connectivity index (χ0n) is 11.5. The summed E-state index contributed by atoms with van der Waals surface area (Å²) in [7, 11) is 0. The van der Waals surface area contributed by atoms with Gasteiger partial charge in [0.15, 0.2) is 0 Å². The van der Waals surface area contributed by atoms with Gasteiger partial charge in [-0.1, -0.05) is 0 Å². The Kier molecular flexibility index (Phi) is 3.95. The third kappa shape index (κ3) is 3.42. The fourth-order valence-corrected chi connectivity index (χ4v) is 2.29. The number of hydrogen-bond donors (Lipinski definition) is 1. The maximum atomic E-state index is 13.6. The van der Waals surface area contributed by atoms with Crippen molar-refractivity contribution in [3.63, 3.8) is 0 Å². The van der Waals surface area contributed by atoms with Crippen LogP contribution in [0.15, 0.2) is 12.1 Å². The molecule has 2 N–H and O–H groups in total. The van der Waals surface area contributed by atoms with E-state index in [4.69, 9.17) is 5.73 Å². The molecule has 1 atom stereocenters. The van der Waals surface area contributed by atoms with Gasteiger partial charge in [-0.25, -0.2) is 4.39 Å². The fraction of sp³-hybridized carbons (Fsp3) is 0.571. The first kappa shape index (κ1) is 15.1. The highest BCUT2D eigenvalue weighted by atomic mass is 19.4. The molecule has 0 amide bonds. The molecule has 20 heavy (non-hydrogen) atoms. The van der Waals surface area contributed by atoms with Crippen molar-refractivity contribution in [1.29, 1.82) is 0 Å². The summed E-state index contributed by atoms with van der Waals surface area (Å²) in [5.74, 6) is -0.441. The molecule has 1 saturated carbocycles. The monoisotopic (exact) mass is 290 g/mol. The van der Waals surface area contributed by atoms with E-state index in [2.05, 4.69) is 0 Å². The molecule has 1 aromatic carbocycles. The molecule has 0 unspecified atom stereocenters. The number of aryl methyl sites for hydroxylation is 1. The number of rotatable bonds is 4. The number of nitrogens with zero attached hydrogens (tertiary/aromatic N) is 1. The molecule has 0 radical (unpaired) electrons. The van der Waals surface area contributed by atoms with Gasteiger partial charge >= 0.3 is 6.18 Å². The molecule has 0 aromatic heterocycles. The van der Waals surface area contributed by atoms with Gasteiger partial charge in [0.1, 0.15) is 12.4 Å². The second-order valence-corrected chi connectivity index (χ2v) is 5.42. The van der Waals surface area contributed by atoms with Gasteiger partial charge in [-0.15, -0.1) is 0 Å². The molecule has 0 heterocycles. The summed E-state index contributed by atoms with van der Waals surface area (Å²) in [6, 6.07) is 2.08. The van der Waals surface area contributed by atoms with Crippen molar-refractivity contribution < 1.29 is 17.6 Å². The lowest BCUT2D eigenvalue weighted by Gasteiger charge is -2.29. The van der Waals surface area contributed by atoms with Gasteiger partial charge in [0.25, 0.3) is 0 Å². The van der Waals surface area contributed by atoms with Crippen molar-refractivity contribution in [3.05, 3.63) is 29.1 Å². The van der Waals surface area contributed by atoms with Crippen LogP contribution in [0.2, 0.25) is 0 Å². The standard InChI is InChI=1S/C14H18F4N2/c1-8-5-13(11(9(2)19)6-12(8)15)20(10-3-4-10)7-14(16,17)18/h5-6,9-10H,3-4,7,19H2,1-2H3/t9-/m0/s1. The number of nitrogens with two attached hydrogens (primary N) is 1. The minimum absolute atomic E-state index is 0.126. The van der Waals surface area contributed by atoms with Crippen molar-refractivity contribution in [3.8, 4) is 0 Å². The van der Waals surface area contributed by atoms with Gasteiger partial charge in [0.05, 0.1) is 0 Å². The molecule has 1 aliphatic rings. The van der Waals surface area contributed by atoms with Gasteiger partial charge in [0, 0.05) is 17.8 Å². The van der Waals surface area contributed by atoms with Gasteiger partial charge in [0.2, 0.25) is 0 Å². The van der Waals surface area contributed by atoms with E-state index in [-0.39, 0.29) is 6.04 Å². The molecule has 0 bridgehead atoms. The Morgan fingerprint density at radius 3 is 2.40 bits per heavy atom. The molecular weight excluding hydrogens is 272 g/mol. The third-order valence-corrected chi connectivity index (χ3v) is 3.45. The second kappa shape index (κ2) is 5.24. The zero-order valence-corrected chi connectivity index (χ0v) is 11.5. The Morgan fingerprint density at radius 1 is 1.35 bits per heavy atom. The van der Waals surface area contributed by atoms with Crippen molar-refractivity contribution in [2.45, 2.75) is 44.9 Å². The number of halogens is 4. The number of hydrogen-bond acceptors (Lipinski definition) is 2. The summed E-state index contributed by atoms with van der Waals surface area (Å²) in [6.07, 6.45) is -2.84. The van der Waals surface area contributed by atoms with Gasteiger partial charge in [-0.05, 0) is 49.9 Å². The largest absolute Gasteiger partial charge is 0.405 e. The first-order valence-corrected chi connectivity index (χ1v) is 6.58. The molecule has 2 nitrogen and oxygen atoms in total. The summed E-state index contributed by atoms with van der Waals surface area (Å²) in [5.41, 5.74) is 6.93. The van der Waals surface area contributed by atoms with Crippen LogP contribution < -0.4 is 10.6 Å². The third-order valence-electron chi connectivity index (χ3n) is 3.45. The topological polar surface area (TPSA) is 29.3 Å². The Hall–Kier alpha value is -1.30. The Morgan fingerprint density at radius 2 is 1.95 bits per heavy atom. The molecule has 6 heteroatoms. The lowest BCUT2D eigenvalue weighted by atomic mass is 10.0. The molecule has 1 fully saturated rings. The van der Waals surface area contributed by atoms with Gasteiger partial charge in [-0.2, -0.15) is 13.2 Å². The molecule has 1 aromatic rings. The van der Waals surface area contributed by atoms with Crippen LogP contribution in [0.4, 0.5) is 23.2 Å². The summed E-state index contributed by atoms with van der Waals surface area (Å²) >= 11 is 0. The van der Waals surface area contributed by atoms with Crippen molar-refractivity contribution in [2.24, 2.45) is 5.73 Å². The Bertz CT molecular complexity index is 493. The summed E-state index contributed by atoms with van der Waals surface area (Å²) in [6.45, 7) is 2.16. The van der Waals surface area contributed by atoms with Crippen LogP contribution >= 0.6 is 0 Å². The summed E-state index contributed by atoms with van der Waals surface area (Å²) < 4.78 is 51.9. The van der Waals surface area contributed by atoms with Crippen LogP contribution in [-0.4, -0.2) is 18.8 Å². The predicted molar refractivity (Wildman–Crippen MR) is 70.2 cm³/mol. The average Bonchev–Trinajstić information content (AvgIpc) is 3.11. The first-order chi connectivity index (χ1) is 9.19. The molecule has 0 aliphatic heterocycles. The van der Waals surface area contributed by atoms with Crippen molar-refractivity contribution in [2.75, 3.05) is 11.4 Å². The van der Waals surface area contributed by atoms with Gasteiger partial charge in [-0.3, -0.25) is 0 Å². The molecule has 2 rings (SSSR count). The lowest BCUT2D eigenvalue weighted by Crippen LogP contribution is -2.37. The highest BCUT2D eigenvalue weighted by Gasteiger charge is 2.39. The highest BCUT2D eigenvalue weighted by molar-refractivity contribution is 5.58. The van der Waals surface area contributed by atoms with Crippen LogP contribution in [0.1, 0.15) is 36.9 Å². The van der Waals surface area contributed by atoms with Crippen molar-refractivity contribution >= 4 is 5.69 Å². The molecule has 0 spiro atoms. The molecule has 1 aliphatic carbocycles. The lowest BCUT2D eigenvalue weighted by molar-refractivity contribution is -0.120. The zero-order chi connectivity index (χ0) is 15.1. The van der Waals surface area contributed by atoms with Crippen molar-refractivity contribution in [1.82, 2.24) is 0 Å². The Labute approximate surface area is 115 Å². The van der Waals surface area contributed by atoms with E-state index in [0.717, 1.165) is 12.8 Å². The maximum Gasteiger partial charge on any atom is 0.405 e. The van der Waals surface area contributed by atoms with E-state index in [9.17, 15) is 17.6 Å². The number of anilines is 1. The van der Waals surface area contributed by atoms with E-state index in [1.165, 1.54) is 17.0 Å². The summed E-state index contributed by atoms with van der Waals surface area (Å²) in [4.78, 5) is 1.31. The first-order valence-electron chi connectivity index (χ1n) is 6.58. The van der Waals surface area contributed by atoms with E-state index in [1.54, 1.807) is 13.8 Å². The summed E-state index contributed by atoms with van der Waals surface area (Å²) in [5, 5.41) is 0. The maximum absolute atomic E-state index is 13.6. The SMILES string of the molecule is Cc1cc(N(CC(F)(F)F)C2CC2)c([C@H](C)N)cc1F. The van der Waals surface area contributed by atoms with E-state index < -0.39 is 24.6 Å². The Balaban J connectivity index is 2.44. The van der Waals surface area contributed by atoms with Crippen LogP contribution in [0.5, 0.6) is 0 Å². The van der Waals surface area contributed by atoms with E-state index in [0.29, 0.717) is 16.8 Å². The van der Waals surface area contributed by atoms with Gasteiger partial charge < -0.3 is 10.6 Å². The number of alkyl halides is 3. The molecule has 112 valence electrons. The predicted octanol–water partition coefficient (Wildman–Crippen LogP) is 3.68. The smallest absolute Gasteiger partial charge is 0.359 e. The average molecular weight is 290 g/mol. The van der Waals surface area contributed by atoms with Crippen LogP contribution in [0.25, 0.3) is 0 Å². The molecule has 0 saturated heterocycles. The quantitative estimate of drug-likeness (QED) is 0.857. The highest BCUT2D eigenvalue weighted by Crippen LogP contribution is 2.38. The normalized spacial score (nSPS) is 17.1. The number of benzene rings is 1. The van der Waals surface area contributed by atoms with Crippen LogP contribution in [0.3, 0.4) is 0 Å². The second-order valence-electron chi connectivity index (χ2n) is 5.42. The van der Waals surface area contributed by atoms with E-state index >= 15 is 0 Å². The van der Waals surface area contributed by atoms with Crippen LogP contribution in [-0.2, 0) is 0 Å². The minimum Gasteiger partial charge on any atom is -0.359 e. The van der Waals surface area contributed by atoms with Crippen LogP contribution in [0, 0.1) is 12.7 Å². The molecular formula is C14H18F4N2. The minimum atomic E-state index is -4.29. The van der Waals surface area contributed by atoms with E-state index in [1.807, 2.05) is 0 Å².